The fraction of sp³-hybridized carbons (Fsp3) is 0.565. The smallest absolute Gasteiger partial charge is 0.349 e. The number of amides is 4. The van der Waals surface area contributed by atoms with E-state index in [1.54, 1.807) is 0 Å². The van der Waals surface area contributed by atoms with Gasteiger partial charge in [-0.05, 0) is 48.9 Å². The van der Waals surface area contributed by atoms with Crippen molar-refractivity contribution < 1.29 is 32.3 Å². The number of carbonyl (C=O) groups excluding carboxylic acids is 4. The van der Waals surface area contributed by atoms with E-state index < -0.39 is 36.5 Å². The number of halogens is 3. The molecule has 3 aliphatic rings. The Morgan fingerprint density at radius 2 is 1.85 bits per heavy atom. The number of piperidine rings is 1. The molecular weight excluding hydrogens is 439 g/mol. The summed E-state index contributed by atoms with van der Waals surface area (Å²) >= 11 is 0. The average Bonchev–Trinajstić information content (AvgIpc) is 3.08. The van der Waals surface area contributed by atoms with E-state index in [1.165, 1.54) is 23.1 Å². The third kappa shape index (κ3) is 5.20. The average molecular weight is 465 g/mol. The van der Waals surface area contributed by atoms with Gasteiger partial charge < -0.3 is 10.2 Å². The Kier molecular flexibility index (Phi) is 6.45. The van der Waals surface area contributed by atoms with Crippen LogP contribution in [0, 0.1) is 5.92 Å². The Labute approximate surface area is 189 Å². The van der Waals surface area contributed by atoms with Gasteiger partial charge in [-0.1, -0.05) is 19.3 Å². The van der Waals surface area contributed by atoms with Gasteiger partial charge in [-0.15, -0.1) is 0 Å². The number of alkyl halides is 3. The first-order valence-corrected chi connectivity index (χ1v) is 11.3. The summed E-state index contributed by atoms with van der Waals surface area (Å²) in [6.07, 6.45) is -1.10. The molecule has 1 aromatic rings. The number of hydrogen-bond donors (Lipinski definition) is 2. The molecule has 2 atom stereocenters. The highest BCUT2D eigenvalue weighted by Crippen LogP contribution is 2.33. The number of rotatable bonds is 5. The van der Waals surface area contributed by atoms with Gasteiger partial charge in [-0.3, -0.25) is 24.5 Å². The second-order valence-corrected chi connectivity index (χ2v) is 9.07. The molecule has 178 valence electrons. The molecule has 1 aromatic carbocycles. The summed E-state index contributed by atoms with van der Waals surface area (Å²) in [6, 6.07) is 2.62. The Morgan fingerprint density at radius 3 is 2.52 bits per heavy atom. The van der Waals surface area contributed by atoms with Crippen LogP contribution in [0.25, 0.3) is 0 Å². The summed E-state index contributed by atoms with van der Waals surface area (Å²) in [5.41, 5.74) is 1.05. The molecule has 1 aliphatic carbocycles. The second-order valence-electron chi connectivity index (χ2n) is 9.07. The first-order valence-electron chi connectivity index (χ1n) is 11.3. The van der Waals surface area contributed by atoms with E-state index in [4.69, 9.17) is 0 Å². The number of hydrogen-bond acceptors (Lipinski definition) is 4. The molecule has 33 heavy (non-hydrogen) atoms. The van der Waals surface area contributed by atoms with Crippen molar-refractivity contribution in [1.82, 2.24) is 15.5 Å². The summed E-state index contributed by atoms with van der Waals surface area (Å²) in [6.45, 7) is 0.0934. The molecule has 4 rings (SSSR count). The standard InChI is InChI=1S/C23H26F3N3O4/c24-23(25,26)11-17(13-4-2-1-3-5-13)27-20(31)14-6-7-16-15(10-14)12-29(22(16)33)18-8-9-19(30)28-21(18)32/h6-7,10,13,17-18H,1-5,8-9,11-12H2,(H,27,31)(H,28,30,32)/t17-,18?/m0/s1. The molecule has 2 heterocycles. The first kappa shape index (κ1) is 23.3. The van der Waals surface area contributed by atoms with Gasteiger partial charge in [0.1, 0.15) is 6.04 Å². The van der Waals surface area contributed by atoms with Crippen molar-refractivity contribution in [3.8, 4) is 0 Å². The molecule has 2 N–H and O–H groups in total. The zero-order valence-corrected chi connectivity index (χ0v) is 18.0. The molecule has 7 nitrogen and oxygen atoms in total. The SMILES string of the molecule is O=C1CCC(N2Cc3cc(C(=O)N[C@@H](CC(F)(F)F)C4CCCCC4)ccc3C2=O)C(=O)N1. The highest BCUT2D eigenvalue weighted by atomic mass is 19.4. The predicted molar refractivity (Wildman–Crippen MR) is 111 cm³/mol. The summed E-state index contributed by atoms with van der Waals surface area (Å²) in [7, 11) is 0. The summed E-state index contributed by atoms with van der Waals surface area (Å²) in [4.78, 5) is 50.6. The van der Waals surface area contributed by atoms with E-state index in [0.29, 0.717) is 24.0 Å². The minimum absolute atomic E-state index is 0.0934. The van der Waals surface area contributed by atoms with Gasteiger partial charge in [0.25, 0.3) is 11.8 Å². The normalized spacial score (nSPS) is 22.7. The maximum Gasteiger partial charge on any atom is 0.391 e. The number of benzene rings is 1. The highest BCUT2D eigenvalue weighted by molar-refractivity contribution is 6.06. The summed E-state index contributed by atoms with van der Waals surface area (Å²) in [5.74, 6) is -2.12. The Morgan fingerprint density at radius 1 is 1.12 bits per heavy atom. The lowest BCUT2D eigenvalue weighted by Gasteiger charge is -2.31. The zero-order chi connectivity index (χ0) is 23.8. The molecule has 4 amide bonds. The van der Waals surface area contributed by atoms with E-state index in [0.717, 1.165) is 19.3 Å². The Hall–Kier alpha value is -2.91. The lowest BCUT2D eigenvalue weighted by Crippen LogP contribution is -2.52. The lowest BCUT2D eigenvalue weighted by atomic mass is 9.82. The first-order chi connectivity index (χ1) is 15.6. The molecule has 10 heteroatoms. The molecule has 2 fully saturated rings. The van der Waals surface area contributed by atoms with Crippen LogP contribution in [0.5, 0.6) is 0 Å². The molecule has 2 aliphatic heterocycles. The van der Waals surface area contributed by atoms with Gasteiger partial charge >= 0.3 is 6.18 Å². The third-order valence-electron chi connectivity index (χ3n) is 6.77. The van der Waals surface area contributed by atoms with Crippen molar-refractivity contribution >= 4 is 23.6 Å². The third-order valence-corrected chi connectivity index (χ3v) is 6.77. The van der Waals surface area contributed by atoms with Crippen LogP contribution in [-0.2, 0) is 16.1 Å². The number of nitrogens with one attached hydrogen (secondary N) is 2. The largest absolute Gasteiger partial charge is 0.391 e. The zero-order valence-electron chi connectivity index (χ0n) is 18.0. The van der Waals surface area contributed by atoms with Gasteiger partial charge in [-0.2, -0.15) is 13.2 Å². The molecular formula is C23H26F3N3O4. The van der Waals surface area contributed by atoms with Crippen molar-refractivity contribution in [3.63, 3.8) is 0 Å². The van der Waals surface area contributed by atoms with Gasteiger partial charge in [0.05, 0.1) is 6.42 Å². The maximum absolute atomic E-state index is 13.2. The van der Waals surface area contributed by atoms with Crippen molar-refractivity contribution in [2.45, 2.75) is 76.2 Å². The van der Waals surface area contributed by atoms with E-state index in [2.05, 4.69) is 10.6 Å². The van der Waals surface area contributed by atoms with Crippen LogP contribution in [0.4, 0.5) is 13.2 Å². The molecule has 0 spiro atoms. The minimum Gasteiger partial charge on any atom is -0.349 e. The van der Waals surface area contributed by atoms with Crippen LogP contribution in [0.15, 0.2) is 18.2 Å². The predicted octanol–water partition coefficient (Wildman–Crippen LogP) is 3.08. The van der Waals surface area contributed by atoms with Crippen molar-refractivity contribution in [1.29, 1.82) is 0 Å². The second kappa shape index (κ2) is 9.15. The van der Waals surface area contributed by atoms with Crippen molar-refractivity contribution in [2.24, 2.45) is 5.92 Å². The highest BCUT2D eigenvalue weighted by Gasteiger charge is 2.40. The van der Waals surface area contributed by atoms with Crippen molar-refractivity contribution in [3.05, 3.63) is 34.9 Å². The van der Waals surface area contributed by atoms with Gasteiger partial charge in [0.15, 0.2) is 0 Å². The van der Waals surface area contributed by atoms with Crippen LogP contribution in [0.3, 0.4) is 0 Å². The summed E-state index contributed by atoms with van der Waals surface area (Å²) < 4.78 is 39.5. The molecule has 1 saturated heterocycles. The molecule has 0 radical (unpaired) electrons. The van der Waals surface area contributed by atoms with E-state index in [9.17, 15) is 32.3 Å². The van der Waals surface area contributed by atoms with E-state index in [-0.39, 0.29) is 42.7 Å². The summed E-state index contributed by atoms with van der Waals surface area (Å²) in [5, 5.41) is 4.82. The number of nitrogens with zero attached hydrogens (tertiary/aromatic N) is 1. The van der Waals surface area contributed by atoms with Crippen LogP contribution in [0.2, 0.25) is 0 Å². The van der Waals surface area contributed by atoms with Crippen LogP contribution in [0.1, 0.15) is 77.6 Å². The number of carbonyl (C=O) groups is 4. The lowest BCUT2D eigenvalue weighted by molar-refractivity contribution is -0.143. The van der Waals surface area contributed by atoms with E-state index >= 15 is 0 Å². The van der Waals surface area contributed by atoms with Crippen LogP contribution < -0.4 is 10.6 Å². The Balaban J connectivity index is 1.48. The fourth-order valence-electron chi connectivity index (χ4n) is 5.09. The van der Waals surface area contributed by atoms with E-state index in [1.807, 2.05) is 0 Å². The van der Waals surface area contributed by atoms with Gasteiger partial charge in [-0.25, -0.2) is 0 Å². The van der Waals surface area contributed by atoms with Crippen LogP contribution in [-0.4, -0.2) is 46.8 Å². The topological polar surface area (TPSA) is 95.6 Å². The van der Waals surface area contributed by atoms with Crippen molar-refractivity contribution in [2.75, 3.05) is 0 Å². The minimum atomic E-state index is -4.39. The molecule has 0 bridgehead atoms. The quantitative estimate of drug-likeness (QED) is 0.654. The fourth-order valence-corrected chi connectivity index (χ4v) is 5.09. The Bertz CT molecular complexity index is 972. The van der Waals surface area contributed by atoms with Crippen LogP contribution >= 0.6 is 0 Å². The maximum atomic E-state index is 13.2. The van der Waals surface area contributed by atoms with Gasteiger partial charge in [0, 0.05) is 30.1 Å². The molecule has 1 unspecified atom stereocenters. The number of imide groups is 1. The molecule has 1 saturated carbocycles. The van der Waals surface area contributed by atoms with Gasteiger partial charge in [0.2, 0.25) is 11.8 Å². The number of fused-ring (bicyclic) bond motifs is 1. The monoisotopic (exact) mass is 465 g/mol. The molecule has 0 aromatic heterocycles.